The van der Waals surface area contributed by atoms with Crippen molar-refractivity contribution in [3.63, 3.8) is 0 Å². The Morgan fingerprint density at radius 3 is 1.67 bits per heavy atom. The van der Waals surface area contributed by atoms with Gasteiger partial charge in [0.1, 0.15) is 0 Å². The highest BCUT2D eigenvalue weighted by atomic mass is 15.1. The van der Waals surface area contributed by atoms with Crippen LogP contribution < -0.4 is 4.90 Å². The van der Waals surface area contributed by atoms with Gasteiger partial charge in [0.15, 0.2) is 0 Å². The van der Waals surface area contributed by atoms with Crippen molar-refractivity contribution in [2.45, 2.75) is 12.3 Å². The highest BCUT2D eigenvalue weighted by molar-refractivity contribution is 6.12. The molecule has 330 valence electrons. The van der Waals surface area contributed by atoms with E-state index in [-0.39, 0.29) is 5.92 Å². The van der Waals surface area contributed by atoms with Crippen LogP contribution in [0.4, 0.5) is 11.4 Å². The van der Waals surface area contributed by atoms with Crippen LogP contribution in [0.2, 0.25) is 0 Å². The summed E-state index contributed by atoms with van der Waals surface area (Å²) in [6.07, 6.45) is 8.10. The summed E-state index contributed by atoms with van der Waals surface area (Å²) in [4.78, 5) is 2.44. The summed E-state index contributed by atoms with van der Waals surface area (Å²) in [5, 5.41) is 7.59. The molecule has 0 spiro atoms. The summed E-state index contributed by atoms with van der Waals surface area (Å²) in [5.74, 6) is 0.111. The normalized spacial score (nSPS) is 13.5. The maximum Gasteiger partial charge on any atom is 0.0550 e. The molecule has 0 radical (unpaired) electrons. The summed E-state index contributed by atoms with van der Waals surface area (Å²) in [5.41, 5.74) is 18.0. The van der Waals surface area contributed by atoms with Gasteiger partial charge in [-0.2, -0.15) is 0 Å². The maximum atomic E-state index is 2.51. The molecule has 12 aromatic rings. The van der Waals surface area contributed by atoms with Crippen LogP contribution in [0.25, 0.3) is 93.5 Å². The second-order valence-electron chi connectivity index (χ2n) is 18.4. The minimum Gasteiger partial charge on any atom is -0.311 e. The van der Waals surface area contributed by atoms with Crippen LogP contribution in [0.3, 0.4) is 0 Å². The zero-order valence-corrected chi connectivity index (χ0v) is 38.7. The zero-order chi connectivity index (χ0) is 46.4. The third-order valence-electron chi connectivity index (χ3n) is 14.3. The number of benzene rings is 11. The molecule has 0 bridgehead atoms. The van der Waals surface area contributed by atoms with Crippen molar-refractivity contribution >= 4 is 54.7 Å². The molecule has 0 saturated heterocycles. The fourth-order valence-electron chi connectivity index (χ4n) is 10.8. The molecule has 2 heteroatoms. The molecule has 0 fully saturated rings. The number of rotatable bonds is 9. The molecule has 1 aromatic heterocycles. The molecule has 70 heavy (non-hydrogen) atoms. The molecule has 0 N–H and O–H groups in total. The minimum atomic E-state index is 0.111. The van der Waals surface area contributed by atoms with E-state index in [1.807, 2.05) is 0 Å². The van der Waals surface area contributed by atoms with Crippen molar-refractivity contribution in [2.24, 2.45) is 0 Å². The number of para-hydroxylation sites is 2. The third kappa shape index (κ3) is 7.48. The maximum absolute atomic E-state index is 2.51. The summed E-state index contributed by atoms with van der Waals surface area (Å²) in [6.45, 7) is 0. The van der Waals surface area contributed by atoms with Crippen LogP contribution in [0.15, 0.2) is 279 Å². The van der Waals surface area contributed by atoms with Gasteiger partial charge in [-0.15, -0.1) is 0 Å². The van der Waals surface area contributed by atoms with Gasteiger partial charge >= 0.3 is 0 Å². The molecular formula is C68H48N2. The summed E-state index contributed by atoms with van der Waals surface area (Å²) >= 11 is 0. The van der Waals surface area contributed by atoms with E-state index in [2.05, 4.69) is 282 Å². The standard InChI is InChI=1S/C68H48N2/c1-3-15-47(16-4-1)57-45-65(68-64-26-11-12-28-66(64)70(67(68)46-57)58-22-5-2-6-23-58)56-21-13-24-61(44-56)69(60-41-37-51(38-42-60)55-34-31-48-17-7-8-19-54(48)43-55)59-39-35-50(36-40-59)49-29-32-53(33-30-49)63-27-14-20-52-18-9-10-25-62(52)63/h1-20,22-46,56H,21H2. The Kier molecular flexibility index (Phi) is 10.4. The van der Waals surface area contributed by atoms with Crippen molar-refractivity contribution in [1.29, 1.82) is 0 Å². The van der Waals surface area contributed by atoms with Gasteiger partial charge in [0.2, 0.25) is 0 Å². The van der Waals surface area contributed by atoms with Crippen LogP contribution in [-0.4, -0.2) is 4.57 Å². The first-order valence-corrected chi connectivity index (χ1v) is 24.3. The minimum absolute atomic E-state index is 0.111. The number of hydrogen-bond acceptors (Lipinski definition) is 1. The average molecular weight is 893 g/mol. The molecule has 13 rings (SSSR count). The lowest BCUT2D eigenvalue weighted by molar-refractivity contribution is 0.846. The van der Waals surface area contributed by atoms with E-state index in [0.717, 1.165) is 29.2 Å². The Morgan fingerprint density at radius 1 is 0.371 bits per heavy atom. The first-order chi connectivity index (χ1) is 34.7. The van der Waals surface area contributed by atoms with Crippen molar-refractivity contribution in [2.75, 3.05) is 4.90 Å². The van der Waals surface area contributed by atoms with E-state index in [1.54, 1.807) is 0 Å². The van der Waals surface area contributed by atoms with E-state index in [1.165, 1.54) is 93.4 Å². The quantitative estimate of drug-likeness (QED) is 0.140. The summed E-state index contributed by atoms with van der Waals surface area (Å²) < 4.78 is 2.45. The fourth-order valence-corrected chi connectivity index (χ4v) is 10.8. The van der Waals surface area contributed by atoms with Crippen molar-refractivity contribution < 1.29 is 0 Å². The van der Waals surface area contributed by atoms with Gasteiger partial charge in [-0.05, 0) is 145 Å². The number of aromatic nitrogens is 1. The lowest BCUT2D eigenvalue weighted by Gasteiger charge is -2.30. The highest BCUT2D eigenvalue weighted by Crippen LogP contribution is 2.44. The van der Waals surface area contributed by atoms with Crippen LogP contribution in [0.5, 0.6) is 0 Å². The molecular weight excluding hydrogens is 845 g/mol. The number of anilines is 2. The molecule has 11 aromatic carbocycles. The number of fused-ring (bicyclic) bond motifs is 5. The van der Waals surface area contributed by atoms with Crippen LogP contribution in [0, 0.1) is 0 Å². The van der Waals surface area contributed by atoms with Gasteiger partial charge in [-0.1, -0.05) is 206 Å². The van der Waals surface area contributed by atoms with Crippen LogP contribution in [0.1, 0.15) is 17.9 Å². The highest BCUT2D eigenvalue weighted by Gasteiger charge is 2.25. The topological polar surface area (TPSA) is 8.17 Å². The molecule has 1 atom stereocenters. The molecule has 0 aliphatic heterocycles. The van der Waals surface area contributed by atoms with E-state index in [0.29, 0.717) is 0 Å². The summed E-state index contributed by atoms with van der Waals surface area (Å²) in [6, 6.07) is 93.2. The molecule has 1 heterocycles. The summed E-state index contributed by atoms with van der Waals surface area (Å²) in [7, 11) is 0. The van der Waals surface area contributed by atoms with E-state index in [9.17, 15) is 0 Å². The van der Waals surface area contributed by atoms with Crippen molar-refractivity contribution in [1.82, 2.24) is 4.57 Å². The van der Waals surface area contributed by atoms with Gasteiger partial charge in [0.25, 0.3) is 0 Å². The van der Waals surface area contributed by atoms with Gasteiger partial charge in [0, 0.05) is 39.4 Å². The zero-order valence-electron chi connectivity index (χ0n) is 38.7. The largest absolute Gasteiger partial charge is 0.311 e. The van der Waals surface area contributed by atoms with Gasteiger partial charge in [-0.25, -0.2) is 0 Å². The van der Waals surface area contributed by atoms with E-state index in [4.69, 9.17) is 0 Å². The number of allylic oxidation sites excluding steroid dienone is 3. The monoisotopic (exact) mass is 892 g/mol. The second-order valence-corrected chi connectivity index (χ2v) is 18.4. The molecule has 0 saturated carbocycles. The molecule has 1 aliphatic rings. The third-order valence-corrected chi connectivity index (χ3v) is 14.3. The van der Waals surface area contributed by atoms with E-state index < -0.39 is 0 Å². The second kappa shape index (κ2) is 17.6. The Bertz CT molecular complexity index is 3930. The van der Waals surface area contributed by atoms with Crippen LogP contribution >= 0.6 is 0 Å². The number of hydrogen-bond donors (Lipinski definition) is 0. The molecule has 1 unspecified atom stereocenters. The average Bonchev–Trinajstić information content (AvgIpc) is 3.78. The Morgan fingerprint density at radius 2 is 0.929 bits per heavy atom. The predicted octanol–water partition coefficient (Wildman–Crippen LogP) is 18.5. The Hall–Kier alpha value is -8.98. The molecule has 2 nitrogen and oxygen atoms in total. The van der Waals surface area contributed by atoms with Crippen LogP contribution in [-0.2, 0) is 0 Å². The molecule has 1 aliphatic carbocycles. The molecule has 0 amide bonds. The fraction of sp³-hybridized carbons (Fsp3) is 0.0294. The smallest absolute Gasteiger partial charge is 0.0550 e. The first-order valence-electron chi connectivity index (χ1n) is 24.3. The Labute approximate surface area is 409 Å². The number of nitrogens with zero attached hydrogens (tertiary/aromatic N) is 2. The Balaban J connectivity index is 0.927. The SMILES string of the molecule is C1=CC(N(c2ccc(-c3ccc(-c4cccc5ccccc45)cc3)cc2)c2ccc(-c3ccc4ccccc4c3)cc2)=CC(c2cc(-c3ccccc3)cc3c2c2ccccc2n3-c2ccccc2)C1. The first kappa shape index (κ1) is 41.2. The van der Waals surface area contributed by atoms with Gasteiger partial charge in [0.05, 0.1) is 11.0 Å². The van der Waals surface area contributed by atoms with Gasteiger partial charge in [-0.3, -0.25) is 0 Å². The van der Waals surface area contributed by atoms with Crippen molar-refractivity contribution in [3.8, 4) is 50.2 Å². The lowest BCUT2D eigenvalue weighted by Crippen LogP contribution is -2.18. The van der Waals surface area contributed by atoms with Gasteiger partial charge < -0.3 is 9.47 Å². The van der Waals surface area contributed by atoms with E-state index >= 15 is 0 Å². The lowest BCUT2D eigenvalue weighted by atomic mass is 9.86. The predicted molar refractivity (Wildman–Crippen MR) is 297 cm³/mol. The van der Waals surface area contributed by atoms with Crippen molar-refractivity contribution in [3.05, 3.63) is 284 Å².